The highest BCUT2D eigenvalue weighted by Crippen LogP contribution is 2.24. The SMILES string of the molecule is CCc1[nH]nc(C(=O)N(C)C(C)c2ccc(Cl)cc2)c1N. The first-order chi connectivity index (χ1) is 9.95. The second-order valence-electron chi connectivity index (χ2n) is 4.96. The molecule has 2 aromatic rings. The Morgan fingerprint density at radius 1 is 1.43 bits per heavy atom. The number of H-pyrrole nitrogens is 1. The summed E-state index contributed by atoms with van der Waals surface area (Å²) < 4.78 is 0. The Morgan fingerprint density at radius 2 is 2.05 bits per heavy atom. The summed E-state index contributed by atoms with van der Waals surface area (Å²) in [5, 5.41) is 7.51. The van der Waals surface area contributed by atoms with E-state index in [-0.39, 0.29) is 17.6 Å². The number of anilines is 1. The number of aromatic nitrogens is 2. The third kappa shape index (κ3) is 3.03. The largest absolute Gasteiger partial charge is 0.395 e. The summed E-state index contributed by atoms with van der Waals surface area (Å²) in [6.45, 7) is 3.91. The number of nitrogens with two attached hydrogens (primary N) is 1. The number of benzene rings is 1. The van der Waals surface area contributed by atoms with Crippen LogP contribution in [-0.2, 0) is 6.42 Å². The van der Waals surface area contributed by atoms with Crippen molar-refractivity contribution in [2.75, 3.05) is 12.8 Å². The number of carbonyl (C=O) groups excluding carboxylic acids is 1. The lowest BCUT2D eigenvalue weighted by molar-refractivity contribution is 0.0737. The minimum atomic E-state index is -0.203. The van der Waals surface area contributed by atoms with Crippen molar-refractivity contribution in [1.82, 2.24) is 15.1 Å². The maximum absolute atomic E-state index is 12.5. The van der Waals surface area contributed by atoms with Gasteiger partial charge >= 0.3 is 0 Å². The molecule has 0 radical (unpaired) electrons. The molecular weight excluding hydrogens is 288 g/mol. The van der Waals surface area contributed by atoms with Gasteiger partial charge in [-0.1, -0.05) is 30.7 Å². The molecule has 21 heavy (non-hydrogen) atoms. The van der Waals surface area contributed by atoms with Gasteiger partial charge in [0.2, 0.25) is 0 Å². The fraction of sp³-hybridized carbons (Fsp3) is 0.333. The van der Waals surface area contributed by atoms with Crippen molar-refractivity contribution in [1.29, 1.82) is 0 Å². The standard InChI is InChI=1S/C15H19ClN4O/c1-4-12-13(17)14(19-18-12)15(21)20(3)9(2)10-5-7-11(16)8-6-10/h5-9H,4,17H2,1-3H3,(H,18,19). The first-order valence-electron chi connectivity index (χ1n) is 6.81. The molecule has 1 aromatic carbocycles. The second-order valence-corrected chi connectivity index (χ2v) is 5.40. The van der Waals surface area contributed by atoms with Gasteiger partial charge in [0.05, 0.1) is 17.4 Å². The monoisotopic (exact) mass is 306 g/mol. The van der Waals surface area contributed by atoms with E-state index >= 15 is 0 Å². The molecule has 1 amide bonds. The quantitative estimate of drug-likeness (QED) is 0.911. The maximum Gasteiger partial charge on any atom is 0.276 e. The van der Waals surface area contributed by atoms with Crippen molar-refractivity contribution in [3.05, 3.63) is 46.2 Å². The van der Waals surface area contributed by atoms with Crippen LogP contribution in [0.5, 0.6) is 0 Å². The van der Waals surface area contributed by atoms with Gasteiger partial charge in [0.25, 0.3) is 5.91 Å². The number of carbonyl (C=O) groups is 1. The van der Waals surface area contributed by atoms with E-state index in [1.54, 1.807) is 11.9 Å². The number of aryl methyl sites for hydroxylation is 1. The van der Waals surface area contributed by atoms with Gasteiger partial charge in [0.1, 0.15) is 0 Å². The number of aromatic amines is 1. The fourth-order valence-corrected chi connectivity index (χ4v) is 2.25. The molecule has 0 spiro atoms. The predicted octanol–water partition coefficient (Wildman–Crippen LogP) is 3.04. The van der Waals surface area contributed by atoms with Crippen LogP contribution in [-0.4, -0.2) is 28.1 Å². The Labute approximate surface area is 129 Å². The Hall–Kier alpha value is -2.01. The Balaban J connectivity index is 2.22. The number of amides is 1. The molecule has 5 nitrogen and oxygen atoms in total. The average Bonchev–Trinajstić information content (AvgIpc) is 2.86. The molecule has 1 unspecified atom stereocenters. The molecule has 1 atom stereocenters. The van der Waals surface area contributed by atoms with Gasteiger partial charge in [0, 0.05) is 12.1 Å². The minimum Gasteiger partial charge on any atom is -0.395 e. The lowest BCUT2D eigenvalue weighted by Crippen LogP contribution is -2.30. The van der Waals surface area contributed by atoms with Crippen LogP contribution in [0.15, 0.2) is 24.3 Å². The molecule has 0 aliphatic rings. The van der Waals surface area contributed by atoms with Crippen molar-refractivity contribution < 1.29 is 4.79 Å². The van der Waals surface area contributed by atoms with Crippen LogP contribution < -0.4 is 5.73 Å². The molecular formula is C15H19ClN4O. The number of hydrogen-bond donors (Lipinski definition) is 2. The van der Waals surface area contributed by atoms with E-state index in [9.17, 15) is 4.79 Å². The van der Waals surface area contributed by atoms with Crippen LogP contribution in [0, 0.1) is 0 Å². The van der Waals surface area contributed by atoms with Gasteiger partial charge in [0.15, 0.2) is 5.69 Å². The molecule has 112 valence electrons. The van der Waals surface area contributed by atoms with Gasteiger partial charge in [-0.3, -0.25) is 9.89 Å². The molecule has 0 aliphatic heterocycles. The van der Waals surface area contributed by atoms with Gasteiger partial charge in [-0.25, -0.2) is 0 Å². The highest BCUT2D eigenvalue weighted by molar-refractivity contribution is 6.30. The molecule has 0 saturated heterocycles. The number of nitrogens with zero attached hydrogens (tertiary/aromatic N) is 2. The van der Waals surface area contributed by atoms with Gasteiger partial charge in [-0.15, -0.1) is 0 Å². The van der Waals surface area contributed by atoms with E-state index in [0.717, 1.165) is 11.3 Å². The summed E-state index contributed by atoms with van der Waals surface area (Å²) in [4.78, 5) is 14.1. The normalized spacial score (nSPS) is 12.2. The van der Waals surface area contributed by atoms with E-state index in [1.165, 1.54) is 0 Å². The molecule has 0 aliphatic carbocycles. The summed E-state index contributed by atoms with van der Waals surface area (Å²) in [5.41, 5.74) is 8.44. The zero-order chi connectivity index (χ0) is 15.6. The summed E-state index contributed by atoms with van der Waals surface area (Å²) >= 11 is 5.88. The highest BCUT2D eigenvalue weighted by atomic mass is 35.5. The van der Waals surface area contributed by atoms with Crippen LogP contribution in [0.2, 0.25) is 5.02 Å². The van der Waals surface area contributed by atoms with E-state index in [0.29, 0.717) is 17.1 Å². The first-order valence-corrected chi connectivity index (χ1v) is 7.18. The molecule has 6 heteroatoms. The average molecular weight is 307 g/mol. The Morgan fingerprint density at radius 3 is 2.57 bits per heavy atom. The lowest BCUT2D eigenvalue weighted by Gasteiger charge is -2.24. The van der Waals surface area contributed by atoms with Crippen molar-refractivity contribution in [2.24, 2.45) is 0 Å². The molecule has 0 bridgehead atoms. The summed E-state index contributed by atoms with van der Waals surface area (Å²) in [6.07, 6.45) is 0.711. The topological polar surface area (TPSA) is 75.0 Å². The highest BCUT2D eigenvalue weighted by Gasteiger charge is 2.24. The van der Waals surface area contributed by atoms with E-state index in [4.69, 9.17) is 17.3 Å². The first kappa shape index (κ1) is 15.4. The van der Waals surface area contributed by atoms with E-state index < -0.39 is 0 Å². The second kappa shape index (κ2) is 6.18. The summed E-state index contributed by atoms with van der Waals surface area (Å²) in [7, 11) is 1.74. The van der Waals surface area contributed by atoms with Crippen LogP contribution in [0.1, 0.15) is 41.6 Å². The van der Waals surface area contributed by atoms with Crippen LogP contribution in [0.4, 0.5) is 5.69 Å². The maximum atomic E-state index is 12.5. The summed E-state index contributed by atoms with van der Waals surface area (Å²) in [6, 6.07) is 7.33. The van der Waals surface area contributed by atoms with Gasteiger partial charge < -0.3 is 10.6 Å². The number of halogens is 1. The zero-order valence-electron chi connectivity index (χ0n) is 12.4. The smallest absolute Gasteiger partial charge is 0.276 e. The van der Waals surface area contributed by atoms with Gasteiger partial charge in [-0.2, -0.15) is 5.10 Å². The van der Waals surface area contributed by atoms with E-state index in [2.05, 4.69) is 10.2 Å². The molecule has 3 N–H and O–H groups in total. The van der Waals surface area contributed by atoms with Crippen LogP contribution in [0.25, 0.3) is 0 Å². The van der Waals surface area contributed by atoms with Gasteiger partial charge in [-0.05, 0) is 31.0 Å². The van der Waals surface area contributed by atoms with Crippen LogP contribution >= 0.6 is 11.6 Å². The molecule has 0 saturated carbocycles. The van der Waals surface area contributed by atoms with Crippen LogP contribution in [0.3, 0.4) is 0 Å². The molecule has 0 fully saturated rings. The fourth-order valence-electron chi connectivity index (χ4n) is 2.13. The predicted molar refractivity (Wildman–Crippen MR) is 84.3 cm³/mol. The minimum absolute atomic E-state index is 0.101. The zero-order valence-corrected chi connectivity index (χ0v) is 13.1. The lowest BCUT2D eigenvalue weighted by atomic mass is 10.1. The van der Waals surface area contributed by atoms with Crippen molar-refractivity contribution in [3.63, 3.8) is 0 Å². The third-order valence-corrected chi connectivity index (χ3v) is 3.94. The number of nitrogens with one attached hydrogen (secondary N) is 1. The number of hydrogen-bond acceptors (Lipinski definition) is 3. The molecule has 2 rings (SSSR count). The Bertz CT molecular complexity index is 636. The van der Waals surface area contributed by atoms with Crippen molar-refractivity contribution in [3.8, 4) is 0 Å². The number of rotatable bonds is 4. The van der Waals surface area contributed by atoms with E-state index in [1.807, 2.05) is 38.1 Å². The molecule has 1 heterocycles. The Kier molecular flexibility index (Phi) is 4.53. The summed E-state index contributed by atoms with van der Waals surface area (Å²) in [5.74, 6) is -0.203. The molecule has 1 aromatic heterocycles. The third-order valence-electron chi connectivity index (χ3n) is 3.69. The van der Waals surface area contributed by atoms with Crippen molar-refractivity contribution in [2.45, 2.75) is 26.3 Å². The van der Waals surface area contributed by atoms with Crippen molar-refractivity contribution >= 4 is 23.2 Å². The number of nitrogen functional groups attached to an aromatic ring is 1.